The summed E-state index contributed by atoms with van der Waals surface area (Å²) >= 11 is 0. The maximum absolute atomic E-state index is 15.5. The summed E-state index contributed by atoms with van der Waals surface area (Å²) in [5.74, 6) is -0.831. The van der Waals surface area contributed by atoms with Gasteiger partial charge in [-0.15, -0.1) is 24.8 Å². The highest BCUT2D eigenvalue weighted by atomic mass is 35.5. The Hall–Kier alpha value is -5.48. The lowest BCUT2D eigenvalue weighted by Gasteiger charge is -2.32. The molecule has 11 nitrogen and oxygen atoms in total. The predicted molar refractivity (Wildman–Crippen MR) is 214 cm³/mol. The molecule has 1 amide bonds. The summed E-state index contributed by atoms with van der Waals surface area (Å²) < 4.78 is 75.9. The Labute approximate surface area is 337 Å². The van der Waals surface area contributed by atoms with Crippen molar-refractivity contribution in [2.24, 2.45) is 0 Å². The van der Waals surface area contributed by atoms with Crippen molar-refractivity contribution in [1.29, 1.82) is 0 Å². The fourth-order valence-electron chi connectivity index (χ4n) is 6.41. The molecule has 1 fully saturated rings. The molecule has 4 aromatic carbocycles. The molecule has 0 spiro atoms. The van der Waals surface area contributed by atoms with Crippen LogP contribution in [-0.2, 0) is 6.18 Å². The zero-order chi connectivity index (χ0) is 38.7. The molecule has 57 heavy (non-hydrogen) atoms. The summed E-state index contributed by atoms with van der Waals surface area (Å²) in [5.41, 5.74) is -2.35. The third-order valence-electron chi connectivity index (χ3n) is 9.31. The number of hydrogen-bond acceptors (Lipinski definition) is 9. The Morgan fingerprint density at radius 2 is 1.60 bits per heavy atom. The van der Waals surface area contributed by atoms with Gasteiger partial charge in [0.25, 0.3) is 5.91 Å². The van der Waals surface area contributed by atoms with Gasteiger partial charge in [-0.2, -0.15) is 18.3 Å². The van der Waals surface area contributed by atoms with E-state index in [9.17, 15) is 22.8 Å². The summed E-state index contributed by atoms with van der Waals surface area (Å²) in [7, 11) is 3.64. The molecule has 0 aliphatic carbocycles. The van der Waals surface area contributed by atoms with E-state index in [0.717, 1.165) is 56.0 Å². The van der Waals surface area contributed by atoms with Gasteiger partial charge in [0.05, 0.1) is 41.4 Å². The van der Waals surface area contributed by atoms with Crippen LogP contribution in [0.25, 0.3) is 27.5 Å². The van der Waals surface area contributed by atoms with E-state index >= 15 is 4.39 Å². The van der Waals surface area contributed by atoms with Crippen LogP contribution in [0.3, 0.4) is 0 Å². The number of fused-ring (bicyclic) bond motifs is 2. The standard InChI is InChI=1S/C40H36F4N6O5.2ClH/c1-48-17-19-49(20-18-48)16-7-21-54-36-24-30-27(23-35(36)53-2)33(14-15-45-30)55-34-13-12-25(22-29(34)41)46-39(52)37-38(51)26-8-3-5-10-31(26)50(47-37)32-11-6-4-9-28(32)40(42,43)44;;/h3-6,8-15,22-24H,7,16-21H2,1-2H3,(H,46,52);2*1H. The molecule has 17 heteroatoms. The summed E-state index contributed by atoms with van der Waals surface area (Å²) in [6, 6.07) is 19.2. The van der Waals surface area contributed by atoms with Crippen LogP contribution in [-0.4, -0.2) is 84.0 Å². The van der Waals surface area contributed by atoms with E-state index in [2.05, 4.69) is 32.2 Å². The first-order chi connectivity index (χ1) is 26.5. The molecule has 6 aromatic rings. The van der Waals surface area contributed by atoms with Crippen molar-refractivity contribution >= 4 is 58.2 Å². The number of likely N-dealkylation sites (N-methyl/N-ethyl adjacent to an activating group) is 1. The van der Waals surface area contributed by atoms with Crippen LogP contribution < -0.4 is 25.0 Å². The minimum Gasteiger partial charge on any atom is -0.493 e. The second-order valence-corrected chi connectivity index (χ2v) is 13.0. The van der Waals surface area contributed by atoms with Gasteiger partial charge in [-0.1, -0.05) is 24.3 Å². The van der Waals surface area contributed by atoms with Crippen molar-refractivity contribution in [2.75, 3.05) is 58.8 Å². The van der Waals surface area contributed by atoms with Crippen molar-refractivity contribution < 1.29 is 36.6 Å². The largest absolute Gasteiger partial charge is 0.493 e. The molecule has 7 rings (SSSR count). The number of halogens is 6. The average Bonchev–Trinajstić information content (AvgIpc) is 3.18. The number of nitrogens with zero attached hydrogens (tertiary/aromatic N) is 5. The Bertz CT molecular complexity index is 2440. The van der Waals surface area contributed by atoms with E-state index in [4.69, 9.17) is 14.2 Å². The maximum Gasteiger partial charge on any atom is 0.418 e. The molecule has 0 bridgehead atoms. The monoisotopic (exact) mass is 828 g/mol. The maximum atomic E-state index is 15.5. The number of alkyl halides is 3. The second kappa shape index (κ2) is 18.2. The first-order valence-corrected chi connectivity index (χ1v) is 17.5. The number of piperazine rings is 1. The molecule has 300 valence electrons. The fourth-order valence-corrected chi connectivity index (χ4v) is 6.41. The van der Waals surface area contributed by atoms with E-state index in [1.54, 1.807) is 18.2 Å². The Kier molecular flexibility index (Phi) is 13.6. The number of carbonyl (C=O) groups is 1. The number of anilines is 1. The first kappa shape index (κ1) is 42.7. The second-order valence-electron chi connectivity index (χ2n) is 13.0. The number of ether oxygens (including phenoxy) is 3. The van der Waals surface area contributed by atoms with E-state index < -0.39 is 34.6 Å². The molecule has 0 radical (unpaired) electrons. The minimum absolute atomic E-state index is 0. The van der Waals surface area contributed by atoms with Gasteiger partial charge < -0.3 is 29.3 Å². The highest BCUT2D eigenvalue weighted by Gasteiger charge is 2.34. The average molecular weight is 830 g/mol. The molecule has 0 unspecified atom stereocenters. The fraction of sp³-hybridized carbons (Fsp3) is 0.250. The molecule has 0 saturated carbocycles. The van der Waals surface area contributed by atoms with Gasteiger partial charge in [-0.3, -0.25) is 14.6 Å². The van der Waals surface area contributed by atoms with Crippen molar-refractivity contribution in [3.63, 3.8) is 0 Å². The number of carbonyl (C=O) groups excluding carboxylic acids is 1. The Morgan fingerprint density at radius 1 is 0.860 bits per heavy atom. The van der Waals surface area contributed by atoms with Crippen LogP contribution in [0.1, 0.15) is 22.5 Å². The predicted octanol–water partition coefficient (Wildman–Crippen LogP) is 8.00. The molecule has 2 aromatic heterocycles. The summed E-state index contributed by atoms with van der Waals surface area (Å²) in [6.07, 6.45) is -2.39. The molecule has 1 N–H and O–H groups in total. The van der Waals surface area contributed by atoms with Gasteiger partial charge in [0.1, 0.15) is 5.75 Å². The lowest BCUT2D eigenvalue weighted by Crippen LogP contribution is -2.44. The highest BCUT2D eigenvalue weighted by molar-refractivity contribution is 6.04. The van der Waals surface area contributed by atoms with Crippen molar-refractivity contribution in [2.45, 2.75) is 12.6 Å². The van der Waals surface area contributed by atoms with E-state index in [1.807, 2.05) is 0 Å². The number of amides is 1. The van der Waals surface area contributed by atoms with Gasteiger partial charge >= 0.3 is 6.18 Å². The molecule has 0 atom stereocenters. The number of pyridine rings is 1. The third-order valence-corrected chi connectivity index (χ3v) is 9.31. The van der Waals surface area contributed by atoms with E-state index in [0.29, 0.717) is 29.0 Å². The van der Waals surface area contributed by atoms with Crippen molar-refractivity contribution in [3.8, 4) is 28.7 Å². The van der Waals surface area contributed by atoms with Gasteiger partial charge in [-0.05, 0) is 62.0 Å². The van der Waals surface area contributed by atoms with Gasteiger partial charge in [0.15, 0.2) is 28.8 Å². The number of methoxy groups -OCH3 is 1. The lowest BCUT2D eigenvalue weighted by atomic mass is 10.1. The molecule has 3 heterocycles. The Morgan fingerprint density at radius 3 is 2.33 bits per heavy atom. The SMILES string of the molecule is COc1cc2c(Oc3ccc(NC(=O)c4nn(-c5ccccc5C(F)(F)F)c5ccccc5c4=O)cc3F)ccnc2cc1OCCCN1CCN(C)CC1.Cl.Cl. The van der Waals surface area contributed by atoms with Gasteiger partial charge in [0.2, 0.25) is 5.43 Å². The van der Waals surface area contributed by atoms with Crippen molar-refractivity contribution in [3.05, 3.63) is 118 Å². The number of hydrogen-bond donors (Lipinski definition) is 1. The number of nitrogens with one attached hydrogen (secondary N) is 1. The van der Waals surface area contributed by atoms with Crippen LogP contribution in [0.2, 0.25) is 0 Å². The quantitative estimate of drug-likeness (QED) is 0.103. The number of benzene rings is 4. The number of aromatic nitrogens is 3. The van der Waals surface area contributed by atoms with Crippen LogP contribution in [0.15, 0.2) is 95.9 Å². The normalized spacial score (nSPS) is 13.4. The first-order valence-electron chi connectivity index (χ1n) is 17.5. The van der Waals surface area contributed by atoms with Crippen molar-refractivity contribution in [1.82, 2.24) is 24.6 Å². The number of para-hydroxylation sites is 2. The third kappa shape index (κ3) is 9.39. The minimum atomic E-state index is -4.75. The summed E-state index contributed by atoms with van der Waals surface area (Å²) in [4.78, 5) is 36.0. The zero-order valence-corrected chi connectivity index (χ0v) is 32.3. The smallest absolute Gasteiger partial charge is 0.418 e. The molecule has 1 aliphatic rings. The molecular weight excluding hydrogens is 791 g/mol. The molecule has 1 aliphatic heterocycles. The van der Waals surface area contributed by atoms with E-state index in [-0.39, 0.29) is 58.6 Å². The molecule has 1 saturated heterocycles. The summed E-state index contributed by atoms with van der Waals surface area (Å²) in [6.45, 7) is 5.55. The van der Waals surface area contributed by atoms with Gasteiger partial charge in [0, 0.05) is 62.1 Å². The molecular formula is C40H38Cl2F4N6O5. The Balaban J connectivity index is 0.00000310. The summed E-state index contributed by atoms with van der Waals surface area (Å²) in [5, 5.41) is 7.01. The van der Waals surface area contributed by atoms with Crippen LogP contribution in [0.4, 0.5) is 23.2 Å². The zero-order valence-electron chi connectivity index (χ0n) is 30.7. The lowest BCUT2D eigenvalue weighted by molar-refractivity contribution is -0.137. The highest BCUT2D eigenvalue weighted by Crippen LogP contribution is 2.38. The van der Waals surface area contributed by atoms with Gasteiger partial charge in [-0.25, -0.2) is 9.07 Å². The topological polar surface area (TPSA) is 111 Å². The van der Waals surface area contributed by atoms with Crippen LogP contribution in [0.5, 0.6) is 23.0 Å². The van der Waals surface area contributed by atoms with Crippen LogP contribution in [0, 0.1) is 5.82 Å². The van der Waals surface area contributed by atoms with Crippen LogP contribution >= 0.6 is 24.8 Å². The van der Waals surface area contributed by atoms with E-state index in [1.165, 1.54) is 67.9 Å². The number of rotatable bonds is 11.